The van der Waals surface area contributed by atoms with Crippen molar-refractivity contribution < 1.29 is 25.2 Å². The second kappa shape index (κ2) is 9.10. The topological polar surface area (TPSA) is 43.8 Å². The molecule has 0 N–H and O–H groups in total. The second-order valence-electron chi connectivity index (χ2n) is 10.5. The number of aromatic nitrogens is 4. The number of para-hydroxylation sites is 1. The van der Waals surface area contributed by atoms with E-state index >= 15 is 0 Å². The van der Waals surface area contributed by atoms with Gasteiger partial charge in [0.15, 0.2) is 0 Å². The third-order valence-corrected chi connectivity index (χ3v) is 9.42. The normalized spacial score (nSPS) is 12.0. The summed E-state index contributed by atoms with van der Waals surface area (Å²) in [5.74, 6) is 1.23. The number of fused-ring (bicyclic) bond motifs is 16. The number of rotatable bonds is 2. The Balaban J connectivity index is 0.00000260. The van der Waals surface area contributed by atoms with Crippen LogP contribution in [0.2, 0.25) is 0 Å². The summed E-state index contributed by atoms with van der Waals surface area (Å²) in [6.07, 6.45) is 7.72. The molecule has 5 heterocycles. The molecule has 43 heavy (non-hydrogen) atoms. The van der Waals surface area contributed by atoms with E-state index in [4.69, 9.17) is 9.72 Å². The summed E-state index contributed by atoms with van der Waals surface area (Å²) in [6.45, 7) is 0. The Morgan fingerprint density at radius 2 is 1.21 bits per heavy atom. The fourth-order valence-electron chi connectivity index (χ4n) is 6.52. The van der Waals surface area contributed by atoms with E-state index in [1.165, 1.54) is 31.1 Å². The van der Waals surface area contributed by atoms with Crippen LogP contribution in [0.4, 0.5) is 0 Å². The molecule has 10 aromatic rings. The van der Waals surface area contributed by atoms with Crippen molar-refractivity contribution in [2.75, 3.05) is 0 Å². The molecule has 5 aromatic heterocycles. The summed E-state index contributed by atoms with van der Waals surface area (Å²) >= 11 is 1.83. The second-order valence-corrected chi connectivity index (χ2v) is 11.6. The molecular weight excluding hydrogens is 643 g/mol. The van der Waals surface area contributed by atoms with E-state index in [9.17, 15) is 0 Å². The van der Waals surface area contributed by atoms with Crippen LogP contribution in [0, 0.1) is 12.1 Å². The van der Waals surface area contributed by atoms with Crippen molar-refractivity contribution in [3.05, 3.63) is 122 Å². The molecule has 5 aromatic carbocycles. The fourth-order valence-corrected chi connectivity index (χ4v) is 7.63. The van der Waals surface area contributed by atoms with Crippen molar-refractivity contribution in [2.24, 2.45) is 0 Å². The molecule has 0 aliphatic heterocycles. The molecule has 0 spiro atoms. The first-order valence-corrected chi connectivity index (χ1v) is 14.6. The number of imidazole rings is 2. The molecule has 0 aliphatic rings. The molecule has 0 saturated carbocycles. The molecule has 0 amide bonds. The SMILES string of the molecule is [Pd+2].[c-]1c(Oc2[c-]c3c(cc2)c2ccc4sc5ccccc5c4c2n2ccnc32)ccc2c1c1nccn1c1ccccc21. The standard InChI is InChI=1S/C36H18N4OS.Pd/c1-3-7-30-25(5-1)23-11-9-21(19-28(23)35-37-15-17-39(30)35)41-22-10-12-24-26-13-14-32-33(27-6-2-4-8-31(27)42-32)34(26)40-18-16-38-36(40)29(24)20-22;/h1-18H;/q-2;+2. The van der Waals surface area contributed by atoms with Gasteiger partial charge in [-0.1, -0.05) is 88.3 Å². The summed E-state index contributed by atoms with van der Waals surface area (Å²) in [6, 6.07) is 36.6. The quantitative estimate of drug-likeness (QED) is 0.105. The first-order valence-electron chi connectivity index (χ1n) is 13.7. The molecule has 0 saturated heterocycles. The maximum absolute atomic E-state index is 6.40. The predicted molar refractivity (Wildman–Crippen MR) is 171 cm³/mol. The van der Waals surface area contributed by atoms with Gasteiger partial charge in [-0.2, -0.15) is 0 Å². The first-order chi connectivity index (χ1) is 20.8. The van der Waals surface area contributed by atoms with Gasteiger partial charge in [0.1, 0.15) is 0 Å². The van der Waals surface area contributed by atoms with Crippen LogP contribution in [0.15, 0.2) is 110 Å². The minimum absolute atomic E-state index is 0. The summed E-state index contributed by atoms with van der Waals surface area (Å²) in [5.41, 5.74) is 4.00. The zero-order valence-corrected chi connectivity index (χ0v) is 24.7. The number of hydrogen-bond acceptors (Lipinski definition) is 4. The number of benzene rings is 5. The largest absolute Gasteiger partial charge is 2.00 e. The summed E-state index contributed by atoms with van der Waals surface area (Å²) < 4.78 is 13.3. The van der Waals surface area contributed by atoms with Crippen molar-refractivity contribution in [2.45, 2.75) is 0 Å². The molecule has 0 fully saturated rings. The van der Waals surface area contributed by atoms with Crippen molar-refractivity contribution >= 4 is 86.2 Å². The van der Waals surface area contributed by atoms with Crippen LogP contribution in [-0.2, 0) is 20.4 Å². The zero-order valence-electron chi connectivity index (χ0n) is 22.3. The van der Waals surface area contributed by atoms with E-state index in [-0.39, 0.29) is 20.4 Å². The van der Waals surface area contributed by atoms with Crippen molar-refractivity contribution in [1.29, 1.82) is 0 Å². The predicted octanol–water partition coefficient (Wildman–Crippen LogP) is 9.35. The number of thiophene rings is 1. The molecule has 0 atom stereocenters. The number of pyridine rings is 2. The number of ether oxygens (including phenoxy) is 1. The Morgan fingerprint density at radius 3 is 2.00 bits per heavy atom. The summed E-state index contributed by atoms with van der Waals surface area (Å²) in [7, 11) is 0. The minimum Gasteiger partial charge on any atom is -0.497 e. The van der Waals surface area contributed by atoms with Crippen molar-refractivity contribution in [3.8, 4) is 11.5 Å². The molecule has 0 radical (unpaired) electrons. The Labute approximate surface area is 262 Å². The maximum atomic E-state index is 6.40. The smallest absolute Gasteiger partial charge is 0.497 e. The van der Waals surface area contributed by atoms with Gasteiger partial charge in [0.05, 0.1) is 11.3 Å². The maximum Gasteiger partial charge on any atom is 2.00 e. The van der Waals surface area contributed by atoms with Crippen LogP contribution in [0.1, 0.15) is 0 Å². The molecule has 0 unspecified atom stereocenters. The molecule has 5 nitrogen and oxygen atoms in total. The van der Waals surface area contributed by atoms with Crippen LogP contribution in [-0.4, -0.2) is 18.8 Å². The van der Waals surface area contributed by atoms with E-state index in [2.05, 4.69) is 98.7 Å². The Kier molecular flexibility index (Phi) is 5.24. The average Bonchev–Trinajstić information content (AvgIpc) is 3.80. The summed E-state index contributed by atoms with van der Waals surface area (Å²) in [5, 5.41) is 8.89. The van der Waals surface area contributed by atoms with Gasteiger partial charge in [-0.15, -0.1) is 23.5 Å². The van der Waals surface area contributed by atoms with Gasteiger partial charge in [-0.3, -0.25) is 9.97 Å². The Bertz CT molecular complexity index is 2740. The van der Waals surface area contributed by atoms with E-state index < -0.39 is 0 Å². The molecule has 0 bridgehead atoms. The molecule has 0 aliphatic carbocycles. The molecule has 204 valence electrons. The van der Waals surface area contributed by atoms with Crippen LogP contribution in [0.25, 0.3) is 74.8 Å². The van der Waals surface area contributed by atoms with Gasteiger partial charge in [0.25, 0.3) is 0 Å². The van der Waals surface area contributed by atoms with Crippen LogP contribution in [0.3, 0.4) is 0 Å². The molecular formula is C36H18N4OPdS. The Hall–Kier alpha value is -4.80. The van der Waals surface area contributed by atoms with Gasteiger partial charge >= 0.3 is 20.4 Å². The zero-order chi connectivity index (χ0) is 27.4. The monoisotopic (exact) mass is 660 g/mol. The van der Waals surface area contributed by atoms with Gasteiger partial charge in [-0.25, -0.2) is 0 Å². The minimum atomic E-state index is 0. The third kappa shape index (κ3) is 3.41. The van der Waals surface area contributed by atoms with Crippen LogP contribution >= 0.6 is 11.3 Å². The van der Waals surface area contributed by atoms with Gasteiger partial charge < -0.3 is 13.5 Å². The van der Waals surface area contributed by atoms with Crippen molar-refractivity contribution in [3.63, 3.8) is 0 Å². The van der Waals surface area contributed by atoms with Gasteiger partial charge in [0, 0.05) is 67.5 Å². The third-order valence-electron chi connectivity index (χ3n) is 8.29. The summed E-state index contributed by atoms with van der Waals surface area (Å²) in [4.78, 5) is 9.41. The van der Waals surface area contributed by atoms with Crippen molar-refractivity contribution in [1.82, 2.24) is 18.8 Å². The van der Waals surface area contributed by atoms with E-state index in [0.717, 1.165) is 43.7 Å². The Morgan fingerprint density at radius 1 is 0.581 bits per heavy atom. The van der Waals surface area contributed by atoms with Crippen LogP contribution in [0.5, 0.6) is 11.5 Å². The first kappa shape index (κ1) is 24.8. The fraction of sp³-hybridized carbons (Fsp3) is 0. The molecule has 10 rings (SSSR count). The van der Waals surface area contributed by atoms with Gasteiger partial charge in [0.2, 0.25) is 0 Å². The van der Waals surface area contributed by atoms with E-state index in [1.54, 1.807) is 0 Å². The van der Waals surface area contributed by atoms with E-state index in [0.29, 0.717) is 11.5 Å². The average molecular weight is 661 g/mol. The van der Waals surface area contributed by atoms with Gasteiger partial charge in [-0.05, 0) is 29.0 Å². The number of nitrogens with zero attached hydrogens (tertiary/aromatic N) is 4. The van der Waals surface area contributed by atoms with Crippen LogP contribution < -0.4 is 4.74 Å². The number of hydrogen-bond donors (Lipinski definition) is 0. The molecule has 7 heteroatoms. The van der Waals surface area contributed by atoms with E-state index in [1.807, 2.05) is 48.3 Å².